The Kier molecular flexibility index (Phi) is 2.27. The van der Waals surface area contributed by atoms with Gasteiger partial charge in [-0.05, 0) is 18.2 Å². The Morgan fingerprint density at radius 2 is 1.65 bits per heavy atom. The summed E-state index contributed by atoms with van der Waals surface area (Å²) in [5.41, 5.74) is 3.37. The molecule has 2 N–H and O–H groups in total. The molecule has 2 aromatic heterocycles. The first kappa shape index (κ1) is 11.1. The molecule has 2 heterocycles. The topological polar surface area (TPSA) is 48.9 Å². The van der Waals surface area contributed by atoms with Gasteiger partial charge in [0.25, 0.3) is 0 Å². The number of benzene rings is 2. The van der Waals surface area contributed by atoms with Crippen molar-refractivity contribution in [2.75, 3.05) is 0 Å². The van der Waals surface area contributed by atoms with Crippen LogP contribution in [-0.2, 0) is 0 Å². The zero-order chi connectivity index (χ0) is 13.5. The van der Waals surface area contributed by atoms with E-state index in [4.69, 9.17) is 0 Å². The third-order valence-electron chi connectivity index (χ3n) is 3.54. The second-order valence-corrected chi connectivity index (χ2v) is 4.78. The van der Waals surface area contributed by atoms with Gasteiger partial charge in [-0.1, -0.05) is 42.5 Å². The van der Waals surface area contributed by atoms with Gasteiger partial charge in [-0.25, -0.2) is 4.98 Å². The van der Waals surface area contributed by atoms with Gasteiger partial charge < -0.3 is 10.1 Å². The van der Waals surface area contributed by atoms with Crippen molar-refractivity contribution in [3.63, 3.8) is 0 Å². The molecule has 0 amide bonds. The molecule has 0 bridgehead atoms. The van der Waals surface area contributed by atoms with Crippen LogP contribution in [0.4, 0.5) is 0 Å². The van der Waals surface area contributed by atoms with Gasteiger partial charge in [0, 0.05) is 16.3 Å². The highest BCUT2D eigenvalue weighted by Gasteiger charge is 2.13. The summed E-state index contributed by atoms with van der Waals surface area (Å²) in [5, 5.41) is 12.2. The van der Waals surface area contributed by atoms with E-state index in [0.29, 0.717) is 0 Å². The molecule has 0 radical (unpaired) electrons. The number of para-hydroxylation sites is 2. The van der Waals surface area contributed by atoms with E-state index in [1.165, 1.54) is 0 Å². The number of aromatic hydroxyl groups is 1. The summed E-state index contributed by atoms with van der Waals surface area (Å²) < 4.78 is 0. The molecule has 0 aliphatic rings. The predicted octanol–water partition coefficient (Wildman–Crippen LogP) is 4.09. The van der Waals surface area contributed by atoms with Gasteiger partial charge in [0.15, 0.2) is 5.88 Å². The first-order valence-corrected chi connectivity index (χ1v) is 6.49. The number of pyridine rings is 1. The van der Waals surface area contributed by atoms with E-state index in [0.717, 1.165) is 33.1 Å². The van der Waals surface area contributed by atoms with Crippen molar-refractivity contribution in [1.29, 1.82) is 0 Å². The van der Waals surface area contributed by atoms with Gasteiger partial charge in [-0.3, -0.25) is 0 Å². The maximum absolute atomic E-state index is 10.2. The summed E-state index contributed by atoms with van der Waals surface area (Å²) in [6.07, 6.45) is 0. The maximum atomic E-state index is 10.2. The molecule has 0 atom stereocenters. The van der Waals surface area contributed by atoms with E-state index >= 15 is 0 Å². The van der Waals surface area contributed by atoms with Crippen LogP contribution in [0.15, 0.2) is 60.7 Å². The number of nitrogens with zero attached hydrogens (tertiary/aromatic N) is 1. The second kappa shape index (κ2) is 4.10. The van der Waals surface area contributed by atoms with Crippen LogP contribution in [0.5, 0.6) is 5.88 Å². The summed E-state index contributed by atoms with van der Waals surface area (Å²) in [7, 11) is 0. The van der Waals surface area contributed by atoms with Crippen LogP contribution < -0.4 is 0 Å². The van der Waals surface area contributed by atoms with E-state index in [2.05, 4.69) is 9.97 Å². The monoisotopic (exact) mass is 260 g/mol. The highest BCUT2D eigenvalue weighted by atomic mass is 16.3. The molecule has 3 heteroatoms. The minimum absolute atomic E-state index is 0.161. The van der Waals surface area contributed by atoms with E-state index < -0.39 is 0 Å². The van der Waals surface area contributed by atoms with Crippen LogP contribution >= 0.6 is 0 Å². The third-order valence-corrected chi connectivity index (χ3v) is 3.54. The molecule has 0 unspecified atom stereocenters. The maximum Gasteiger partial charge on any atom is 0.199 e. The molecule has 0 aliphatic carbocycles. The summed E-state index contributed by atoms with van der Waals surface area (Å²) in [6.45, 7) is 0. The number of aromatic amines is 1. The molecule has 0 spiro atoms. The predicted molar refractivity (Wildman–Crippen MR) is 80.7 cm³/mol. The molecule has 0 saturated carbocycles. The van der Waals surface area contributed by atoms with Crippen LogP contribution in [0.1, 0.15) is 0 Å². The molecule has 3 nitrogen and oxygen atoms in total. The van der Waals surface area contributed by atoms with E-state index in [1.54, 1.807) is 0 Å². The van der Waals surface area contributed by atoms with Crippen LogP contribution in [0, 0.1) is 0 Å². The minimum atomic E-state index is 0.161. The molecule has 0 saturated heterocycles. The Bertz CT molecular complexity index is 924. The third kappa shape index (κ3) is 1.57. The van der Waals surface area contributed by atoms with E-state index in [-0.39, 0.29) is 5.88 Å². The summed E-state index contributed by atoms with van der Waals surface area (Å²) >= 11 is 0. The lowest BCUT2D eigenvalue weighted by atomic mass is 10.1. The minimum Gasteiger partial charge on any atom is -0.494 e. The number of hydrogen-bond acceptors (Lipinski definition) is 2. The Morgan fingerprint density at radius 1 is 0.850 bits per heavy atom. The zero-order valence-electron chi connectivity index (χ0n) is 10.7. The van der Waals surface area contributed by atoms with Crippen molar-refractivity contribution in [3.05, 3.63) is 60.7 Å². The van der Waals surface area contributed by atoms with Gasteiger partial charge in [0.2, 0.25) is 0 Å². The fourth-order valence-electron chi connectivity index (χ4n) is 2.59. The first-order valence-electron chi connectivity index (χ1n) is 6.49. The van der Waals surface area contributed by atoms with Crippen LogP contribution in [0.3, 0.4) is 0 Å². The number of hydrogen-bond donors (Lipinski definition) is 2. The lowest BCUT2D eigenvalue weighted by molar-refractivity contribution is 0.460. The van der Waals surface area contributed by atoms with Gasteiger partial charge in [0.05, 0.1) is 16.8 Å². The fourth-order valence-corrected chi connectivity index (χ4v) is 2.59. The fraction of sp³-hybridized carbons (Fsp3) is 0. The molecule has 2 aromatic carbocycles. The highest BCUT2D eigenvalue weighted by Crippen LogP contribution is 2.35. The zero-order valence-corrected chi connectivity index (χ0v) is 10.7. The first-order chi connectivity index (χ1) is 9.83. The lowest BCUT2D eigenvalue weighted by Crippen LogP contribution is -1.84. The SMILES string of the molecule is Oc1[nH]c2ccccc2c1-c1ccc2ccccc2n1. The van der Waals surface area contributed by atoms with Crippen molar-refractivity contribution in [2.24, 2.45) is 0 Å². The van der Waals surface area contributed by atoms with Crippen molar-refractivity contribution < 1.29 is 5.11 Å². The number of fused-ring (bicyclic) bond motifs is 2. The Labute approximate surface area is 115 Å². The second-order valence-electron chi connectivity index (χ2n) is 4.78. The number of nitrogens with one attached hydrogen (secondary N) is 1. The highest BCUT2D eigenvalue weighted by molar-refractivity contribution is 5.99. The van der Waals surface area contributed by atoms with Crippen LogP contribution in [0.25, 0.3) is 33.1 Å². The lowest BCUT2D eigenvalue weighted by Gasteiger charge is -2.02. The molecular weight excluding hydrogens is 248 g/mol. The molecule has 4 rings (SSSR count). The molecular formula is C17H12N2O. The molecule has 96 valence electrons. The van der Waals surface area contributed by atoms with Gasteiger partial charge in [-0.15, -0.1) is 0 Å². The van der Waals surface area contributed by atoms with Crippen molar-refractivity contribution in [3.8, 4) is 17.1 Å². The number of aromatic nitrogens is 2. The average Bonchev–Trinajstić information content (AvgIpc) is 2.82. The Morgan fingerprint density at radius 3 is 2.60 bits per heavy atom. The largest absolute Gasteiger partial charge is 0.494 e. The summed E-state index contributed by atoms with van der Waals surface area (Å²) in [5.74, 6) is 0.161. The van der Waals surface area contributed by atoms with Crippen LogP contribution in [0.2, 0.25) is 0 Å². The van der Waals surface area contributed by atoms with Gasteiger partial charge in [0.1, 0.15) is 0 Å². The van der Waals surface area contributed by atoms with Crippen molar-refractivity contribution >= 4 is 21.8 Å². The van der Waals surface area contributed by atoms with E-state index in [9.17, 15) is 5.11 Å². The van der Waals surface area contributed by atoms with E-state index in [1.807, 2.05) is 60.7 Å². The Hall–Kier alpha value is -2.81. The summed E-state index contributed by atoms with van der Waals surface area (Å²) in [6, 6.07) is 19.8. The Balaban J connectivity index is 2.03. The smallest absolute Gasteiger partial charge is 0.199 e. The summed E-state index contributed by atoms with van der Waals surface area (Å²) in [4.78, 5) is 7.64. The average molecular weight is 260 g/mol. The molecule has 0 fully saturated rings. The normalized spacial score (nSPS) is 11.2. The van der Waals surface area contributed by atoms with Crippen molar-refractivity contribution in [2.45, 2.75) is 0 Å². The quantitative estimate of drug-likeness (QED) is 0.541. The number of H-pyrrole nitrogens is 1. The number of rotatable bonds is 1. The standard InChI is InChI=1S/C17H12N2O/c20-17-16(12-6-2-4-8-14(12)19-17)15-10-9-11-5-1-3-7-13(11)18-15/h1-10,19-20H. The van der Waals surface area contributed by atoms with Gasteiger partial charge >= 0.3 is 0 Å². The van der Waals surface area contributed by atoms with Gasteiger partial charge in [-0.2, -0.15) is 0 Å². The van der Waals surface area contributed by atoms with Crippen molar-refractivity contribution in [1.82, 2.24) is 9.97 Å². The van der Waals surface area contributed by atoms with Crippen LogP contribution in [-0.4, -0.2) is 15.1 Å². The molecule has 0 aliphatic heterocycles. The molecule has 20 heavy (non-hydrogen) atoms. The molecule has 4 aromatic rings.